The van der Waals surface area contributed by atoms with Gasteiger partial charge in [-0.2, -0.15) is 0 Å². The smallest absolute Gasteiger partial charge is 0.134 e. The fourth-order valence-electron chi connectivity index (χ4n) is 2.04. The molecule has 0 aliphatic rings. The van der Waals surface area contributed by atoms with Crippen molar-refractivity contribution in [2.24, 2.45) is 11.3 Å². The minimum Gasteiger partial charge on any atom is -0.492 e. The van der Waals surface area contributed by atoms with Crippen LogP contribution in [0.1, 0.15) is 20.8 Å². The van der Waals surface area contributed by atoms with Gasteiger partial charge in [-0.05, 0) is 38.2 Å². The van der Waals surface area contributed by atoms with Gasteiger partial charge in [-0.3, -0.25) is 0 Å². The molecule has 0 aromatic heterocycles. The Morgan fingerprint density at radius 1 is 1.10 bits per heavy atom. The molecule has 20 heavy (non-hydrogen) atoms. The summed E-state index contributed by atoms with van der Waals surface area (Å²) in [6, 6.07) is 12.5. The van der Waals surface area contributed by atoms with E-state index in [9.17, 15) is 0 Å². The Labute approximate surface area is 138 Å². The average Bonchev–Trinajstić information content (AvgIpc) is 2.40. The van der Waals surface area contributed by atoms with Gasteiger partial charge in [0, 0.05) is 11.2 Å². The summed E-state index contributed by atoms with van der Waals surface area (Å²) in [7, 11) is 0. The van der Waals surface area contributed by atoms with E-state index in [1.165, 1.54) is 10.8 Å². The molecular formula is C17H20Br2O. The van der Waals surface area contributed by atoms with Crippen molar-refractivity contribution in [2.75, 3.05) is 11.9 Å². The van der Waals surface area contributed by atoms with Gasteiger partial charge in [-0.1, -0.05) is 67.0 Å². The first-order valence-electron chi connectivity index (χ1n) is 6.79. The number of ether oxygens (including phenoxy) is 1. The van der Waals surface area contributed by atoms with Crippen molar-refractivity contribution in [2.45, 2.75) is 20.8 Å². The molecule has 0 amide bonds. The Morgan fingerprint density at radius 2 is 1.80 bits per heavy atom. The van der Waals surface area contributed by atoms with Gasteiger partial charge < -0.3 is 4.74 Å². The van der Waals surface area contributed by atoms with Gasteiger partial charge in [0.05, 0.1) is 11.1 Å². The first kappa shape index (κ1) is 15.8. The van der Waals surface area contributed by atoms with Crippen molar-refractivity contribution in [3.63, 3.8) is 0 Å². The highest BCUT2D eigenvalue weighted by Gasteiger charge is 2.24. The van der Waals surface area contributed by atoms with E-state index < -0.39 is 0 Å². The van der Waals surface area contributed by atoms with Crippen molar-refractivity contribution in [1.29, 1.82) is 0 Å². The molecule has 1 unspecified atom stereocenters. The maximum Gasteiger partial charge on any atom is 0.134 e. The number of hydrogen-bond acceptors (Lipinski definition) is 1. The molecule has 2 aromatic carbocycles. The van der Waals surface area contributed by atoms with Crippen molar-refractivity contribution < 1.29 is 4.74 Å². The summed E-state index contributed by atoms with van der Waals surface area (Å²) >= 11 is 7.26. The molecule has 2 aromatic rings. The Kier molecular flexibility index (Phi) is 5.14. The lowest BCUT2D eigenvalue weighted by Crippen LogP contribution is -2.27. The van der Waals surface area contributed by atoms with E-state index in [1.807, 2.05) is 12.1 Å². The van der Waals surface area contributed by atoms with Crippen LogP contribution in [-0.2, 0) is 0 Å². The Morgan fingerprint density at radius 3 is 2.45 bits per heavy atom. The molecular weight excluding hydrogens is 380 g/mol. The molecule has 0 spiro atoms. The summed E-state index contributed by atoms with van der Waals surface area (Å²) in [6.07, 6.45) is 0. The number of alkyl halides is 1. The minimum absolute atomic E-state index is 0.229. The van der Waals surface area contributed by atoms with Crippen molar-refractivity contribution in [1.82, 2.24) is 0 Å². The molecule has 0 radical (unpaired) electrons. The first-order valence-corrected chi connectivity index (χ1v) is 8.71. The molecule has 0 aliphatic heterocycles. The van der Waals surface area contributed by atoms with E-state index in [-0.39, 0.29) is 5.41 Å². The fourth-order valence-corrected chi connectivity index (χ4v) is 3.81. The molecule has 0 N–H and O–H groups in total. The zero-order valence-electron chi connectivity index (χ0n) is 12.1. The van der Waals surface area contributed by atoms with Gasteiger partial charge in [0.2, 0.25) is 0 Å². The predicted molar refractivity (Wildman–Crippen MR) is 93.9 cm³/mol. The van der Waals surface area contributed by atoms with E-state index in [0.717, 1.165) is 15.6 Å². The Hall–Kier alpha value is -0.540. The molecule has 1 atom stereocenters. The fraction of sp³-hybridized carbons (Fsp3) is 0.412. The van der Waals surface area contributed by atoms with E-state index in [1.54, 1.807) is 0 Å². The second-order valence-corrected chi connectivity index (χ2v) is 7.57. The number of rotatable bonds is 4. The van der Waals surface area contributed by atoms with Crippen molar-refractivity contribution in [3.05, 3.63) is 40.9 Å². The topological polar surface area (TPSA) is 9.23 Å². The average molecular weight is 400 g/mol. The van der Waals surface area contributed by atoms with Crippen LogP contribution in [0, 0.1) is 11.3 Å². The SMILES string of the molecule is CC(C)(C)C(CBr)COc1ccc2ccccc2c1Br. The molecule has 2 rings (SSSR count). The van der Waals surface area contributed by atoms with E-state index in [2.05, 4.69) is 76.9 Å². The van der Waals surface area contributed by atoms with Crippen LogP contribution in [0.25, 0.3) is 10.8 Å². The summed E-state index contributed by atoms with van der Waals surface area (Å²) in [5, 5.41) is 3.36. The molecule has 3 heteroatoms. The first-order chi connectivity index (χ1) is 9.43. The second kappa shape index (κ2) is 6.48. The normalized spacial score (nSPS) is 13.4. The predicted octanol–water partition coefficient (Wildman–Crippen LogP) is 6.04. The summed E-state index contributed by atoms with van der Waals surface area (Å²) in [6.45, 7) is 7.46. The molecule has 0 aliphatic carbocycles. The Bertz CT molecular complexity index is 587. The van der Waals surface area contributed by atoms with Crippen LogP contribution in [0.4, 0.5) is 0 Å². The zero-order chi connectivity index (χ0) is 14.8. The Balaban J connectivity index is 2.20. The number of fused-ring (bicyclic) bond motifs is 1. The molecule has 0 saturated carbocycles. The summed E-state index contributed by atoms with van der Waals surface area (Å²) in [5.41, 5.74) is 0.229. The van der Waals surface area contributed by atoms with Crippen molar-refractivity contribution in [3.8, 4) is 5.75 Å². The van der Waals surface area contributed by atoms with Crippen LogP contribution in [0.2, 0.25) is 0 Å². The molecule has 0 saturated heterocycles. The number of halogens is 2. The van der Waals surface area contributed by atoms with Crippen LogP contribution >= 0.6 is 31.9 Å². The van der Waals surface area contributed by atoms with Crippen molar-refractivity contribution >= 4 is 42.6 Å². The third-order valence-corrected chi connectivity index (χ3v) is 5.28. The van der Waals surface area contributed by atoms with Gasteiger partial charge in [-0.15, -0.1) is 0 Å². The lowest BCUT2D eigenvalue weighted by Gasteiger charge is -2.29. The highest BCUT2D eigenvalue weighted by molar-refractivity contribution is 9.10. The monoisotopic (exact) mass is 398 g/mol. The second-order valence-electron chi connectivity index (χ2n) is 6.13. The molecule has 0 fully saturated rings. The van der Waals surface area contributed by atoms with Crippen LogP contribution < -0.4 is 4.74 Å². The quantitative estimate of drug-likeness (QED) is 0.569. The van der Waals surface area contributed by atoms with Gasteiger partial charge in [-0.25, -0.2) is 0 Å². The highest BCUT2D eigenvalue weighted by atomic mass is 79.9. The maximum absolute atomic E-state index is 6.05. The molecule has 0 heterocycles. The van der Waals surface area contributed by atoms with Gasteiger partial charge >= 0.3 is 0 Å². The largest absolute Gasteiger partial charge is 0.492 e. The third kappa shape index (κ3) is 3.56. The highest BCUT2D eigenvalue weighted by Crippen LogP contribution is 2.34. The zero-order valence-corrected chi connectivity index (χ0v) is 15.3. The molecule has 0 bridgehead atoms. The molecule has 1 nitrogen and oxygen atoms in total. The number of hydrogen-bond donors (Lipinski definition) is 0. The lowest BCUT2D eigenvalue weighted by atomic mass is 9.83. The van der Waals surface area contributed by atoms with Gasteiger partial charge in [0.1, 0.15) is 5.75 Å². The molecule has 108 valence electrons. The van der Waals surface area contributed by atoms with Crippen LogP contribution in [0.5, 0.6) is 5.75 Å². The van der Waals surface area contributed by atoms with Crippen LogP contribution in [0.15, 0.2) is 40.9 Å². The van der Waals surface area contributed by atoms with Crippen LogP contribution in [-0.4, -0.2) is 11.9 Å². The minimum atomic E-state index is 0.229. The van der Waals surface area contributed by atoms with Crippen LogP contribution in [0.3, 0.4) is 0 Å². The summed E-state index contributed by atoms with van der Waals surface area (Å²) < 4.78 is 7.09. The summed E-state index contributed by atoms with van der Waals surface area (Å²) in [4.78, 5) is 0. The van der Waals surface area contributed by atoms with Gasteiger partial charge in [0.25, 0.3) is 0 Å². The summed E-state index contributed by atoms with van der Waals surface area (Å²) in [5.74, 6) is 1.39. The van der Waals surface area contributed by atoms with Gasteiger partial charge in [0.15, 0.2) is 0 Å². The number of benzene rings is 2. The lowest BCUT2D eigenvalue weighted by molar-refractivity contribution is 0.165. The van der Waals surface area contributed by atoms with E-state index in [4.69, 9.17) is 4.74 Å². The standard InChI is InChI=1S/C17H20Br2O/c1-17(2,3)13(10-18)11-20-15-9-8-12-6-4-5-7-14(12)16(15)19/h4-9,13H,10-11H2,1-3H3. The maximum atomic E-state index is 6.05. The van der Waals surface area contributed by atoms with E-state index >= 15 is 0 Å². The van der Waals surface area contributed by atoms with E-state index in [0.29, 0.717) is 12.5 Å². The third-order valence-electron chi connectivity index (χ3n) is 3.68.